The van der Waals surface area contributed by atoms with E-state index in [1.165, 1.54) is 5.56 Å². The highest BCUT2D eigenvalue weighted by Gasteiger charge is 2.01. The van der Waals surface area contributed by atoms with E-state index in [1.54, 1.807) is 6.20 Å². The zero-order valence-corrected chi connectivity index (χ0v) is 13.2. The molecule has 1 heterocycles. The summed E-state index contributed by atoms with van der Waals surface area (Å²) in [4.78, 5) is 4.40. The first-order valence-corrected chi connectivity index (χ1v) is 7.67. The van der Waals surface area contributed by atoms with Gasteiger partial charge in [0.2, 0.25) is 5.95 Å². The molecule has 23 heavy (non-hydrogen) atoms. The van der Waals surface area contributed by atoms with Crippen LogP contribution < -0.4 is 10.6 Å². The Bertz CT molecular complexity index is 746. The van der Waals surface area contributed by atoms with Crippen molar-refractivity contribution in [1.82, 2.24) is 15.2 Å². The minimum Gasteiger partial charge on any atom is -0.353 e. The number of hydrogen-bond donors (Lipinski definition) is 2. The Labute approximate surface area is 139 Å². The highest BCUT2D eigenvalue weighted by Crippen LogP contribution is 2.13. The van der Waals surface area contributed by atoms with E-state index < -0.39 is 0 Å². The second kappa shape index (κ2) is 7.56. The number of rotatable bonds is 6. The van der Waals surface area contributed by atoms with E-state index in [9.17, 15) is 0 Å². The minimum absolute atomic E-state index is 0.500. The molecule has 116 valence electrons. The fourth-order valence-electron chi connectivity index (χ4n) is 2.08. The zero-order chi connectivity index (χ0) is 15.9. The minimum atomic E-state index is 0.500. The Balaban J connectivity index is 1.56. The summed E-state index contributed by atoms with van der Waals surface area (Å²) in [5.41, 5.74) is 2.16. The highest BCUT2D eigenvalue weighted by molar-refractivity contribution is 6.30. The first kappa shape index (κ1) is 15.2. The van der Waals surface area contributed by atoms with Crippen LogP contribution in [0.15, 0.2) is 60.8 Å². The van der Waals surface area contributed by atoms with Crippen LogP contribution in [-0.2, 0) is 6.42 Å². The van der Waals surface area contributed by atoms with Gasteiger partial charge >= 0.3 is 0 Å². The van der Waals surface area contributed by atoms with Gasteiger partial charge in [-0.3, -0.25) is 0 Å². The molecule has 0 aliphatic rings. The van der Waals surface area contributed by atoms with Gasteiger partial charge in [0.1, 0.15) is 0 Å². The van der Waals surface area contributed by atoms with Gasteiger partial charge in [-0.25, -0.2) is 0 Å². The van der Waals surface area contributed by atoms with E-state index >= 15 is 0 Å². The number of nitrogens with one attached hydrogen (secondary N) is 2. The average molecular weight is 326 g/mol. The molecular formula is C17H16ClN5. The molecule has 0 bridgehead atoms. The third-order valence-corrected chi connectivity index (χ3v) is 3.47. The Hall–Kier alpha value is -2.66. The van der Waals surface area contributed by atoms with E-state index in [2.05, 4.69) is 25.8 Å². The molecule has 0 spiro atoms. The molecule has 0 saturated carbocycles. The Morgan fingerprint density at radius 2 is 1.74 bits per heavy atom. The third-order valence-electron chi connectivity index (χ3n) is 3.22. The van der Waals surface area contributed by atoms with Gasteiger partial charge in [0.15, 0.2) is 5.82 Å². The van der Waals surface area contributed by atoms with Crippen LogP contribution in [0.25, 0.3) is 0 Å². The number of anilines is 3. The average Bonchev–Trinajstić information content (AvgIpc) is 2.58. The van der Waals surface area contributed by atoms with Crippen molar-refractivity contribution in [3.8, 4) is 0 Å². The van der Waals surface area contributed by atoms with Crippen LogP contribution in [0.4, 0.5) is 17.5 Å². The summed E-state index contributed by atoms with van der Waals surface area (Å²) in [7, 11) is 0. The third kappa shape index (κ3) is 4.66. The fourth-order valence-corrected chi connectivity index (χ4v) is 2.20. The number of benzene rings is 2. The molecule has 0 saturated heterocycles. The topological polar surface area (TPSA) is 62.7 Å². The summed E-state index contributed by atoms with van der Waals surface area (Å²) in [6.07, 6.45) is 2.45. The molecule has 5 nitrogen and oxygen atoms in total. The van der Waals surface area contributed by atoms with Gasteiger partial charge in [-0.1, -0.05) is 41.9 Å². The van der Waals surface area contributed by atoms with Crippen LogP contribution in [-0.4, -0.2) is 21.7 Å². The van der Waals surface area contributed by atoms with E-state index in [0.717, 1.165) is 23.7 Å². The monoisotopic (exact) mass is 325 g/mol. The predicted octanol–water partition coefficient (Wildman–Crippen LogP) is 3.92. The quantitative estimate of drug-likeness (QED) is 0.719. The van der Waals surface area contributed by atoms with E-state index in [4.69, 9.17) is 11.6 Å². The summed E-state index contributed by atoms with van der Waals surface area (Å²) in [5, 5.41) is 15.1. The van der Waals surface area contributed by atoms with Gasteiger partial charge < -0.3 is 10.6 Å². The zero-order valence-electron chi connectivity index (χ0n) is 12.4. The lowest BCUT2D eigenvalue weighted by atomic mass is 10.1. The molecule has 0 radical (unpaired) electrons. The predicted molar refractivity (Wildman–Crippen MR) is 93.2 cm³/mol. The van der Waals surface area contributed by atoms with Crippen LogP contribution in [0.1, 0.15) is 5.56 Å². The van der Waals surface area contributed by atoms with Crippen molar-refractivity contribution in [3.63, 3.8) is 0 Å². The van der Waals surface area contributed by atoms with Crippen molar-refractivity contribution in [1.29, 1.82) is 0 Å². The molecule has 0 amide bonds. The van der Waals surface area contributed by atoms with Crippen molar-refractivity contribution in [2.45, 2.75) is 6.42 Å². The lowest BCUT2D eigenvalue weighted by Crippen LogP contribution is -2.09. The molecular weight excluding hydrogens is 310 g/mol. The maximum Gasteiger partial charge on any atom is 0.244 e. The number of para-hydroxylation sites is 1. The van der Waals surface area contributed by atoms with Crippen LogP contribution in [0.2, 0.25) is 5.02 Å². The largest absolute Gasteiger partial charge is 0.353 e. The van der Waals surface area contributed by atoms with Crippen molar-refractivity contribution < 1.29 is 0 Å². The van der Waals surface area contributed by atoms with Crippen molar-refractivity contribution in [2.75, 3.05) is 17.2 Å². The van der Waals surface area contributed by atoms with Gasteiger partial charge in [0.25, 0.3) is 0 Å². The number of hydrogen-bond acceptors (Lipinski definition) is 5. The summed E-state index contributed by atoms with van der Waals surface area (Å²) < 4.78 is 0. The standard InChI is InChI=1S/C17H16ClN5/c18-14-8-6-13(7-9-14)10-11-19-17-22-16(12-20-23-17)21-15-4-2-1-3-5-15/h1-9,12H,10-11H2,(H2,19,21,22,23). The van der Waals surface area contributed by atoms with Crippen LogP contribution >= 0.6 is 11.6 Å². The Morgan fingerprint density at radius 3 is 2.52 bits per heavy atom. The summed E-state index contributed by atoms with van der Waals surface area (Å²) in [6, 6.07) is 17.6. The molecule has 0 fully saturated rings. The van der Waals surface area contributed by atoms with Gasteiger partial charge in [-0.2, -0.15) is 10.1 Å². The maximum absolute atomic E-state index is 5.87. The van der Waals surface area contributed by atoms with Crippen LogP contribution in [0.3, 0.4) is 0 Å². The van der Waals surface area contributed by atoms with Gasteiger partial charge in [-0.15, -0.1) is 5.10 Å². The van der Waals surface area contributed by atoms with Crippen molar-refractivity contribution >= 4 is 29.1 Å². The highest BCUT2D eigenvalue weighted by atomic mass is 35.5. The molecule has 2 aromatic carbocycles. The second-order valence-corrected chi connectivity index (χ2v) is 5.40. The van der Waals surface area contributed by atoms with Crippen LogP contribution in [0.5, 0.6) is 0 Å². The first-order chi connectivity index (χ1) is 11.3. The molecule has 3 aromatic rings. The fraction of sp³-hybridized carbons (Fsp3) is 0.118. The lowest BCUT2D eigenvalue weighted by Gasteiger charge is -2.07. The molecule has 0 atom stereocenters. The van der Waals surface area contributed by atoms with Gasteiger partial charge in [0, 0.05) is 17.3 Å². The molecule has 1 aromatic heterocycles. The number of halogens is 1. The molecule has 3 rings (SSSR count). The smallest absolute Gasteiger partial charge is 0.244 e. The summed E-state index contributed by atoms with van der Waals surface area (Å²) in [6.45, 7) is 0.720. The number of nitrogens with zero attached hydrogens (tertiary/aromatic N) is 3. The molecule has 0 aliphatic heterocycles. The van der Waals surface area contributed by atoms with E-state index in [1.807, 2.05) is 54.6 Å². The normalized spacial score (nSPS) is 10.3. The van der Waals surface area contributed by atoms with Gasteiger partial charge in [-0.05, 0) is 36.2 Å². The summed E-state index contributed by atoms with van der Waals surface area (Å²) in [5.74, 6) is 1.15. The molecule has 2 N–H and O–H groups in total. The SMILES string of the molecule is Clc1ccc(CCNc2nncc(Nc3ccccc3)n2)cc1. The maximum atomic E-state index is 5.87. The van der Waals surface area contributed by atoms with E-state index in [0.29, 0.717) is 11.8 Å². The van der Waals surface area contributed by atoms with Crippen LogP contribution in [0, 0.1) is 0 Å². The summed E-state index contributed by atoms with van der Waals surface area (Å²) >= 11 is 5.87. The lowest BCUT2D eigenvalue weighted by molar-refractivity contribution is 0.929. The van der Waals surface area contributed by atoms with Gasteiger partial charge in [0.05, 0.1) is 6.20 Å². The Morgan fingerprint density at radius 1 is 0.957 bits per heavy atom. The second-order valence-electron chi connectivity index (χ2n) is 4.96. The Kier molecular flexibility index (Phi) is 5.01. The number of aromatic nitrogens is 3. The molecule has 0 aliphatic carbocycles. The van der Waals surface area contributed by atoms with Crippen molar-refractivity contribution in [2.24, 2.45) is 0 Å². The first-order valence-electron chi connectivity index (χ1n) is 7.30. The molecule has 0 unspecified atom stereocenters. The van der Waals surface area contributed by atoms with E-state index in [-0.39, 0.29) is 0 Å². The van der Waals surface area contributed by atoms with Crippen molar-refractivity contribution in [3.05, 3.63) is 71.4 Å². The molecule has 6 heteroatoms.